The molecule has 1 fully saturated rings. The Kier molecular flexibility index (Phi) is 6.60. The molecule has 1 N–H and O–H groups in total. The average Bonchev–Trinajstić information content (AvgIpc) is 3.23. The monoisotopic (exact) mass is 433 g/mol. The van der Waals surface area contributed by atoms with E-state index in [4.69, 9.17) is 4.52 Å². The average molecular weight is 434 g/mol. The smallest absolute Gasteiger partial charge is 0.276 e. The normalized spacial score (nSPS) is 17.2. The molecule has 0 saturated carbocycles. The van der Waals surface area contributed by atoms with Gasteiger partial charge in [-0.3, -0.25) is 9.59 Å². The second kappa shape index (κ2) is 8.99. The summed E-state index contributed by atoms with van der Waals surface area (Å²) in [6.45, 7) is 6.32. The van der Waals surface area contributed by atoms with Gasteiger partial charge in [0.2, 0.25) is 5.91 Å². The maximum atomic E-state index is 12.9. The van der Waals surface area contributed by atoms with Crippen LogP contribution in [-0.2, 0) is 14.6 Å². The van der Waals surface area contributed by atoms with Gasteiger partial charge in [0, 0.05) is 30.8 Å². The molecule has 8 nitrogen and oxygen atoms in total. The first-order valence-corrected chi connectivity index (χ1v) is 11.8. The molecule has 1 unspecified atom stereocenters. The standard InChI is InChI=1S/C21H27N3O5S/c1-4-30(27,28)17-9-7-15(8-10-17)19-12-18(23-29-19)21(26)24-11-5-6-16(13-24)20(25)22-14(2)3/h7-10,12,14,16H,4-6,11,13H2,1-3H3,(H,22,25). The highest BCUT2D eigenvalue weighted by molar-refractivity contribution is 7.91. The molecule has 1 aromatic heterocycles. The van der Waals surface area contributed by atoms with Gasteiger partial charge in [0.1, 0.15) is 0 Å². The molecular weight excluding hydrogens is 406 g/mol. The first-order valence-electron chi connectivity index (χ1n) is 10.1. The number of hydrogen-bond acceptors (Lipinski definition) is 6. The number of sulfone groups is 1. The maximum Gasteiger partial charge on any atom is 0.276 e. The molecular formula is C21H27N3O5S. The summed E-state index contributed by atoms with van der Waals surface area (Å²) in [4.78, 5) is 27.0. The number of carbonyl (C=O) groups is 2. The van der Waals surface area contributed by atoms with E-state index < -0.39 is 9.84 Å². The van der Waals surface area contributed by atoms with E-state index in [1.807, 2.05) is 13.8 Å². The lowest BCUT2D eigenvalue weighted by atomic mass is 9.96. The quantitative estimate of drug-likeness (QED) is 0.750. The number of amides is 2. The third-order valence-corrected chi connectivity index (χ3v) is 6.87. The zero-order valence-electron chi connectivity index (χ0n) is 17.4. The zero-order valence-corrected chi connectivity index (χ0v) is 18.2. The minimum atomic E-state index is -3.28. The van der Waals surface area contributed by atoms with Crippen molar-refractivity contribution in [2.75, 3.05) is 18.8 Å². The van der Waals surface area contributed by atoms with Crippen LogP contribution >= 0.6 is 0 Å². The fraction of sp³-hybridized carbons (Fsp3) is 0.476. The Bertz CT molecular complexity index is 1010. The lowest BCUT2D eigenvalue weighted by Crippen LogP contribution is -2.46. The second-order valence-corrected chi connectivity index (χ2v) is 10.0. The summed E-state index contributed by atoms with van der Waals surface area (Å²) in [5, 5.41) is 6.79. The number of nitrogens with zero attached hydrogens (tertiary/aromatic N) is 2. The van der Waals surface area contributed by atoms with Gasteiger partial charge in [-0.2, -0.15) is 0 Å². The molecule has 0 bridgehead atoms. The largest absolute Gasteiger partial charge is 0.355 e. The molecule has 1 aromatic carbocycles. The fourth-order valence-corrected chi connectivity index (χ4v) is 4.33. The molecule has 0 radical (unpaired) electrons. The minimum Gasteiger partial charge on any atom is -0.355 e. The summed E-state index contributed by atoms with van der Waals surface area (Å²) < 4.78 is 29.2. The summed E-state index contributed by atoms with van der Waals surface area (Å²) >= 11 is 0. The van der Waals surface area contributed by atoms with Gasteiger partial charge in [-0.1, -0.05) is 12.1 Å². The SMILES string of the molecule is CCS(=O)(=O)c1ccc(-c2cc(C(=O)N3CCCC(C(=O)NC(C)C)C3)no2)cc1. The summed E-state index contributed by atoms with van der Waals surface area (Å²) in [6, 6.07) is 7.89. The fourth-order valence-electron chi connectivity index (χ4n) is 3.45. The Morgan fingerprint density at radius 2 is 1.97 bits per heavy atom. The van der Waals surface area contributed by atoms with Crippen molar-refractivity contribution in [2.45, 2.75) is 44.6 Å². The molecule has 162 valence electrons. The molecule has 0 spiro atoms. The first-order chi connectivity index (χ1) is 14.2. The van der Waals surface area contributed by atoms with Gasteiger partial charge in [0.05, 0.1) is 16.6 Å². The van der Waals surface area contributed by atoms with E-state index in [1.54, 1.807) is 30.0 Å². The summed E-state index contributed by atoms with van der Waals surface area (Å²) in [5.74, 6) is -0.142. The van der Waals surface area contributed by atoms with Crippen LogP contribution in [0.4, 0.5) is 0 Å². The van der Waals surface area contributed by atoms with Crippen molar-refractivity contribution in [1.82, 2.24) is 15.4 Å². The topological polar surface area (TPSA) is 110 Å². The number of rotatable bonds is 6. The number of benzene rings is 1. The first kappa shape index (κ1) is 22.0. The van der Waals surface area contributed by atoms with E-state index in [0.717, 1.165) is 12.8 Å². The summed E-state index contributed by atoms with van der Waals surface area (Å²) in [5.41, 5.74) is 0.796. The number of piperidine rings is 1. The Morgan fingerprint density at radius 3 is 2.60 bits per heavy atom. The Morgan fingerprint density at radius 1 is 1.27 bits per heavy atom. The Balaban J connectivity index is 1.71. The van der Waals surface area contributed by atoms with Gasteiger partial charge < -0.3 is 14.7 Å². The second-order valence-electron chi connectivity index (χ2n) is 7.76. The van der Waals surface area contributed by atoms with E-state index in [0.29, 0.717) is 24.4 Å². The molecule has 1 saturated heterocycles. The Hall–Kier alpha value is -2.68. The van der Waals surface area contributed by atoms with E-state index in [2.05, 4.69) is 10.5 Å². The highest BCUT2D eigenvalue weighted by atomic mass is 32.2. The third-order valence-electron chi connectivity index (χ3n) is 5.12. The summed E-state index contributed by atoms with van der Waals surface area (Å²) in [7, 11) is -3.28. The van der Waals surface area contributed by atoms with Gasteiger partial charge in [0.15, 0.2) is 21.3 Å². The van der Waals surface area contributed by atoms with Crippen molar-refractivity contribution in [3.63, 3.8) is 0 Å². The summed E-state index contributed by atoms with van der Waals surface area (Å²) in [6.07, 6.45) is 1.50. The molecule has 9 heteroatoms. The van der Waals surface area contributed by atoms with Gasteiger partial charge in [-0.15, -0.1) is 0 Å². The molecule has 2 amide bonds. The van der Waals surface area contributed by atoms with E-state index >= 15 is 0 Å². The number of nitrogens with one attached hydrogen (secondary N) is 1. The highest BCUT2D eigenvalue weighted by Crippen LogP contribution is 2.24. The van der Waals surface area contributed by atoms with Gasteiger partial charge >= 0.3 is 0 Å². The van der Waals surface area contributed by atoms with Crippen LogP contribution < -0.4 is 5.32 Å². The number of carbonyl (C=O) groups excluding carboxylic acids is 2. The van der Waals surface area contributed by atoms with Gasteiger partial charge in [-0.25, -0.2) is 8.42 Å². The Labute approximate surface area is 176 Å². The van der Waals surface area contributed by atoms with E-state index in [-0.39, 0.29) is 40.1 Å². The number of likely N-dealkylation sites (tertiary alicyclic amines) is 1. The molecule has 1 atom stereocenters. The zero-order chi connectivity index (χ0) is 21.9. The van der Waals surface area contributed by atoms with Gasteiger partial charge in [0.25, 0.3) is 5.91 Å². The minimum absolute atomic E-state index is 0.0271. The molecule has 2 heterocycles. The van der Waals surface area contributed by atoms with E-state index in [1.165, 1.54) is 12.1 Å². The van der Waals surface area contributed by atoms with Crippen LogP contribution in [0.25, 0.3) is 11.3 Å². The van der Waals surface area contributed by atoms with Crippen LogP contribution in [-0.4, -0.2) is 55.2 Å². The van der Waals surface area contributed by atoms with Crippen LogP contribution in [0.2, 0.25) is 0 Å². The number of hydrogen-bond donors (Lipinski definition) is 1. The van der Waals surface area contributed by atoms with Crippen molar-refractivity contribution >= 4 is 21.7 Å². The number of aromatic nitrogens is 1. The third kappa shape index (κ3) is 4.89. The van der Waals surface area contributed by atoms with Crippen LogP contribution in [0.1, 0.15) is 44.1 Å². The van der Waals surface area contributed by atoms with Crippen LogP contribution in [0.15, 0.2) is 39.8 Å². The van der Waals surface area contributed by atoms with Crippen LogP contribution in [0.5, 0.6) is 0 Å². The highest BCUT2D eigenvalue weighted by Gasteiger charge is 2.30. The van der Waals surface area contributed by atoms with Crippen molar-refractivity contribution < 1.29 is 22.5 Å². The molecule has 1 aliphatic heterocycles. The van der Waals surface area contributed by atoms with Crippen molar-refractivity contribution in [3.8, 4) is 11.3 Å². The lowest BCUT2D eigenvalue weighted by Gasteiger charge is -2.31. The van der Waals surface area contributed by atoms with Crippen LogP contribution in [0, 0.1) is 5.92 Å². The maximum absolute atomic E-state index is 12.9. The lowest BCUT2D eigenvalue weighted by molar-refractivity contribution is -0.126. The van der Waals surface area contributed by atoms with Crippen molar-refractivity contribution in [3.05, 3.63) is 36.0 Å². The molecule has 2 aromatic rings. The molecule has 30 heavy (non-hydrogen) atoms. The van der Waals surface area contributed by atoms with Crippen LogP contribution in [0.3, 0.4) is 0 Å². The molecule has 3 rings (SSSR count). The predicted molar refractivity (Wildman–Crippen MR) is 112 cm³/mol. The van der Waals surface area contributed by atoms with Crippen molar-refractivity contribution in [1.29, 1.82) is 0 Å². The molecule has 0 aliphatic carbocycles. The molecule has 1 aliphatic rings. The van der Waals surface area contributed by atoms with Crippen molar-refractivity contribution in [2.24, 2.45) is 5.92 Å². The predicted octanol–water partition coefficient (Wildman–Crippen LogP) is 2.51. The van der Waals surface area contributed by atoms with Gasteiger partial charge in [-0.05, 0) is 51.0 Å². The van der Waals surface area contributed by atoms with E-state index in [9.17, 15) is 18.0 Å².